The third kappa shape index (κ3) is 3.26. The Hall–Kier alpha value is -4.85. The van der Waals surface area contributed by atoms with E-state index in [2.05, 4.69) is 158 Å². The minimum absolute atomic E-state index is 0.392. The van der Waals surface area contributed by atoms with Gasteiger partial charge in [-0.05, 0) is 85.3 Å². The molecule has 0 aromatic heterocycles. The first-order chi connectivity index (χ1) is 20.8. The van der Waals surface area contributed by atoms with Gasteiger partial charge in [0, 0.05) is 15.2 Å². The second-order valence-corrected chi connectivity index (χ2v) is 12.3. The summed E-state index contributed by atoms with van der Waals surface area (Å²) in [6, 6.07) is 58.5. The maximum Gasteiger partial charge on any atom is 0.0713 e. The molecule has 1 aliphatic heterocycles. The fourth-order valence-electron chi connectivity index (χ4n) is 7.40. The first-order valence-corrected chi connectivity index (χ1v) is 15.3. The van der Waals surface area contributed by atoms with E-state index in [1.165, 1.54) is 76.2 Å². The highest BCUT2D eigenvalue weighted by Gasteiger charge is 2.45. The van der Waals surface area contributed by atoms with Gasteiger partial charge in [-0.15, -0.1) is 0 Å². The van der Waals surface area contributed by atoms with E-state index in [0.717, 1.165) is 0 Å². The van der Waals surface area contributed by atoms with Crippen LogP contribution in [0.5, 0.6) is 0 Å². The van der Waals surface area contributed by atoms with Crippen molar-refractivity contribution < 1.29 is 0 Å². The molecular formula is C41H26S. The smallest absolute Gasteiger partial charge is 0.0713 e. The number of fused-ring (bicyclic) bond motifs is 5. The van der Waals surface area contributed by atoms with Crippen LogP contribution in [0.25, 0.3) is 44.2 Å². The molecule has 0 amide bonds. The Morgan fingerprint density at radius 3 is 1.79 bits per heavy atom. The van der Waals surface area contributed by atoms with Crippen LogP contribution >= 0.6 is 11.8 Å². The zero-order valence-electron chi connectivity index (χ0n) is 22.9. The molecule has 0 unspecified atom stereocenters. The Morgan fingerprint density at radius 1 is 0.381 bits per heavy atom. The van der Waals surface area contributed by atoms with Gasteiger partial charge in [-0.25, -0.2) is 0 Å². The molecule has 0 nitrogen and oxygen atoms in total. The molecule has 0 saturated heterocycles. The van der Waals surface area contributed by atoms with Gasteiger partial charge < -0.3 is 0 Å². The summed E-state index contributed by atoms with van der Waals surface area (Å²) in [6.07, 6.45) is 0. The molecule has 0 spiro atoms. The summed E-state index contributed by atoms with van der Waals surface area (Å²) in [5, 5.41) is 2.65. The van der Waals surface area contributed by atoms with Crippen molar-refractivity contribution in [2.75, 3.05) is 0 Å². The summed E-state index contributed by atoms with van der Waals surface area (Å²) in [5.74, 6) is 0. The van der Waals surface area contributed by atoms with E-state index in [9.17, 15) is 0 Å². The predicted octanol–water partition coefficient (Wildman–Crippen LogP) is 11.0. The fourth-order valence-corrected chi connectivity index (χ4v) is 8.59. The average Bonchev–Trinajstić information content (AvgIpc) is 3.36. The van der Waals surface area contributed by atoms with Gasteiger partial charge in [-0.2, -0.15) is 0 Å². The second kappa shape index (κ2) is 9.08. The van der Waals surface area contributed by atoms with Gasteiger partial charge in [0.2, 0.25) is 0 Å². The molecule has 1 aliphatic carbocycles. The molecule has 196 valence electrons. The maximum absolute atomic E-state index is 2.44. The quantitative estimate of drug-likeness (QED) is 0.211. The van der Waals surface area contributed by atoms with E-state index in [1.54, 1.807) is 0 Å². The Kier molecular flexibility index (Phi) is 5.15. The van der Waals surface area contributed by atoms with Crippen LogP contribution < -0.4 is 0 Å². The van der Waals surface area contributed by atoms with Crippen LogP contribution in [-0.2, 0) is 5.41 Å². The van der Waals surface area contributed by atoms with Gasteiger partial charge in [0.1, 0.15) is 0 Å². The number of hydrogen-bond donors (Lipinski definition) is 0. The minimum atomic E-state index is -0.392. The standard InChI is InChI=1S/C41H26S/c1-2-14-30(15-3-1)41(36-21-7-4-17-32(36)33-18-5-8-22-37(33)41)31-16-10-12-27(25-31)29-24-28-13-11-20-35-34-19-6-9-23-38(34)42-39(26-29)40(28)35/h1-26H. The van der Waals surface area contributed by atoms with Gasteiger partial charge in [-0.1, -0.05) is 145 Å². The van der Waals surface area contributed by atoms with Crippen LogP contribution in [0, 0.1) is 0 Å². The van der Waals surface area contributed by atoms with Crippen LogP contribution in [0.4, 0.5) is 0 Å². The maximum atomic E-state index is 2.44. The highest BCUT2D eigenvalue weighted by Crippen LogP contribution is 2.56. The summed E-state index contributed by atoms with van der Waals surface area (Å²) < 4.78 is 0. The lowest BCUT2D eigenvalue weighted by molar-refractivity contribution is 0.769. The lowest BCUT2D eigenvalue weighted by Gasteiger charge is -2.34. The first-order valence-electron chi connectivity index (χ1n) is 14.5. The van der Waals surface area contributed by atoms with Crippen LogP contribution in [0.3, 0.4) is 0 Å². The van der Waals surface area contributed by atoms with E-state index < -0.39 is 5.41 Å². The number of hydrogen-bond acceptors (Lipinski definition) is 1. The van der Waals surface area contributed by atoms with E-state index in [1.807, 2.05) is 11.8 Å². The van der Waals surface area contributed by atoms with Crippen molar-refractivity contribution in [2.45, 2.75) is 15.2 Å². The summed E-state index contributed by atoms with van der Waals surface area (Å²) >= 11 is 1.89. The second-order valence-electron chi connectivity index (χ2n) is 11.3. The topological polar surface area (TPSA) is 0 Å². The highest BCUT2D eigenvalue weighted by molar-refractivity contribution is 7.99. The van der Waals surface area contributed by atoms with Crippen LogP contribution in [0.2, 0.25) is 0 Å². The van der Waals surface area contributed by atoms with Gasteiger partial charge in [-0.3, -0.25) is 0 Å². The molecule has 2 aliphatic rings. The minimum Gasteiger partial charge on any atom is -0.0888 e. The van der Waals surface area contributed by atoms with E-state index >= 15 is 0 Å². The Labute approximate surface area is 250 Å². The van der Waals surface area contributed by atoms with Gasteiger partial charge in [0.05, 0.1) is 5.41 Å². The van der Waals surface area contributed by atoms with Crippen molar-refractivity contribution in [1.29, 1.82) is 0 Å². The molecule has 0 radical (unpaired) electrons. The van der Waals surface area contributed by atoms with Crippen LogP contribution in [0.15, 0.2) is 168 Å². The van der Waals surface area contributed by atoms with Crippen molar-refractivity contribution in [3.8, 4) is 33.4 Å². The van der Waals surface area contributed by atoms with Crippen LogP contribution in [0.1, 0.15) is 22.3 Å². The van der Waals surface area contributed by atoms with Crippen molar-refractivity contribution in [2.24, 2.45) is 0 Å². The lowest BCUT2D eigenvalue weighted by Crippen LogP contribution is -2.28. The molecule has 7 aromatic rings. The molecule has 0 N–H and O–H groups in total. The molecule has 0 saturated carbocycles. The molecular weight excluding hydrogens is 525 g/mol. The van der Waals surface area contributed by atoms with E-state index in [4.69, 9.17) is 0 Å². The molecule has 1 heterocycles. The largest absolute Gasteiger partial charge is 0.0888 e. The van der Waals surface area contributed by atoms with E-state index in [0.29, 0.717) is 0 Å². The lowest BCUT2D eigenvalue weighted by atomic mass is 9.67. The predicted molar refractivity (Wildman–Crippen MR) is 176 cm³/mol. The van der Waals surface area contributed by atoms with E-state index in [-0.39, 0.29) is 0 Å². The van der Waals surface area contributed by atoms with Gasteiger partial charge >= 0.3 is 0 Å². The molecule has 0 fully saturated rings. The summed E-state index contributed by atoms with van der Waals surface area (Å²) in [7, 11) is 0. The highest BCUT2D eigenvalue weighted by atomic mass is 32.2. The zero-order chi connectivity index (χ0) is 27.7. The molecule has 0 atom stereocenters. The first kappa shape index (κ1) is 23.8. The van der Waals surface area contributed by atoms with Gasteiger partial charge in [0.25, 0.3) is 0 Å². The average molecular weight is 551 g/mol. The Morgan fingerprint density at radius 2 is 1.00 bits per heavy atom. The number of benzene rings is 7. The van der Waals surface area contributed by atoms with Crippen molar-refractivity contribution in [3.63, 3.8) is 0 Å². The Bertz CT molecular complexity index is 2130. The molecule has 42 heavy (non-hydrogen) atoms. The third-order valence-electron chi connectivity index (χ3n) is 9.13. The number of rotatable bonds is 3. The Balaban J connectivity index is 1.29. The summed E-state index contributed by atoms with van der Waals surface area (Å²) in [4.78, 5) is 2.65. The fraction of sp³-hybridized carbons (Fsp3) is 0.0244. The summed E-state index contributed by atoms with van der Waals surface area (Å²) in [6.45, 7) is 0. The van der Waals surface area contributed by atoms with Gasteiger partial charge in [0.15, 0.2) is 0 Å². The zero-order valence-corrected chi connectivity index (χ0v) is 23.7. The molecule has 0 bridgehead atoms. The summed E-state index contributed by atoms with van der Waals surface area (Å²) in [5.41, 5.74) is 12.7. The van der Waals surface area contributed by atoms with Crippen molar-refractivity contribution in [1.82, 2.24) is 0 Å². The monoisotopic (exact) mass is 550 g/mol. The SMILES string of the molecule is c1ccc(C2(c3cccc(-c4cc5c6c(cccc6c4)-c4ccccc4S5)c3)c3ccccc3-c3ccccc32)cc1. The molecule has 1 heteroatoms. The normalized spacial score (nSPS) is 13.8. The third-order valence-corrected chi connectivity index (χ3v) is 10.2. The molecule has 7 aromatic carbocycles. The van der Waals surface area contributed by atoms with Crippen LogP contribution in [-0.4, -0.2) is 0 Å². The van der Waals surface area contributed by atoms with Crippen molar-refractivity contribution in [3.05, 3.63) is 180 Å². The molecule has 9 rings (SSSR count). The van der Waals surface area contributed by atoms with Crippen molar-refractivity contribution >= 4 is 22.5 Å².